The number of aromatic nitrogens is 5. The molecule has 5 heterocycles. The predicted octanol–water partition coefficient (Wildman–Crippen LogP) is 4.90. The maximum absolute atomic E-state index is 15.8. The number of nitrogens with one attached hydrogen (secondary N) is 1. The van der Waals surface area contributed by atoms with Gasteiger partial charge in [0.25, 0.3) is 11.8 Å². The summed E-state index contributed by atoms with van der Waals surface area (Å²) in [6.45, 7) is 2.24. The fourth-order valence-corrected chi connectivity index (χ4v) is 5.98. The number of rotatable bonds is 5. The van der Waals surface area contributed by atoms with Crippen molar-refractivity contribution in [1.82, 2.24) is 29.2 Å². The molecular formula is C33H27FN8O2. The molecule has 1 spiro atoms. The highest BCUT2D eigenvalue weighted by molar-refractivity contribution is 6.04. The van der Waals surface area contributed by atoms with Crippen molar-refractivity contribution in [2.45, 2.75) is 32.2 Å². The molecule has 7 rings (SSSR count). The zero-order chi connectivity index (χ0) is 30.4. The normalized spacial score (nSPS) is 16.5. The number of imidazole rings is 1. The molecular weight excluding hydrogens is 559 g/mol. The van der Waals surface area contributed by atoms with E-state index >= 15 is 4.39 Å². The summed E-state index contributed by atoms with van der Waals surface area (Å²) in [6, 6.07) is 11.1. The van der Waals surface area contributed by atoms with Crippen LogP contribution in [0.5, 0.6) is 0 Å². The average molecular weight is 587 g/mol. The molecule has 0 radical (unpaired) electrons. The molecule has 1 saturated heterocycles. The van der Waals surface area contributed by atoms with E-state index in [1.165, 1.54) is 12.1 Å². The molecule has 1 saturated carbocycles. The second-order valence-electron chi connectivity index (χ2n) is 11.2. The largest absolute Gasteiger partial charge is 0.382 e. The summed E-state index contributed by atoms with van der Waals surface area (Å²) in [5, 5.41) is 2.74. The lowest BCUT2D eigenvalue weighted by Crippen LogP contribution is -2.31. The first kappa shape index (κ1) is 27.2. The second kappa shape index (κ2) is 10.6. The molecule has 0 bridgehead atoms. The lowest BCUT2D eigenvalue weighted by atomic mass is 10.0. The van der Waals surface area contributed by atoms with Crippen LogP contribution in [0.3, 0.4) is 0 Å². The minimum Gasteiger partial charge on any atom is -0.382 e. The minimum absolute atomic E-state index is 0.0624. The fraction of sp³-hybridized carbons (Fsp3) is 0.212. The van der Waals surface area contributed by atoms with Gasteiger partial charge >= 0.3 is 0 Å². The minimum atomic E-state index is -0.653. The SMILES string of the molecule is CC#CC(=O)N1CC2(CC2)C[C@H]1c1nc(-c2ccc(C(=O)Nc3cc(-c4cccnc4)ccn3)cc2F)c2c(N)nccn12. The Bertz CT molecular complexity index is 2010. The van der Waals surface area contributed by atoms with Gasteiger partial charge in [-0.15, -0.1) is 0 Å². The van der Waals surface area contributed by atoms with E-state index < -0.39 is 11.7 Å². The van der Waals surface area contributed by atoms with Crippen LogP contribution in [0, 0.1) is 23.1 Å². The molecule has 4 aromatic heterocycles. The second-order valence-corrected chi connectivity index (χ2v) is 11.2. The third kappa shape index (κ3) is 4.80. The number of carbonyl (C=O) groups excluding carboxylic acids is 2. The number of fused-ring (bicyclic) bond motifs is 1. The zero-order valence-corrected chi connectivity index (χ0v) is 23.8. The van der Waals surface area contributed by atoms with Gasteiger partial charge in [-0.1, -0.05) is 12.0 Å². The van der Waals surface area contributed by atoms with Crippen LogP contribution in [-0.4, -0.2) is 47.6 Å². The lowest BCUT2D eigenvalue weighted by Gasteiger charge is -2.21. The van der Waals surface area contributed by atoms with Gasteiger partial charge in [0.05, 0.1) is 6.04 Å². The van der Waals surface area contributed by atoms with Crippen LogP contribution in [-0.2, 0) is 4.79 Å². The van der Waals surface area contributed by atoms with Crippen molar-refractivity contribution in [1.29, 1.82) is 0 Å². The highest BCUT2D eigenvalue weighted by atomic mass is 19.1. The van der Waals surface area contributed by atoms with Gasteiger partial charge in [-0.05, 0) is 79.5 Å². The first-order valence-corrected chi connectivity index (χ1v) is 14.2. The van der Waals surface area contributed by atoms with Gasteiger partial charge in [0.2, 0.25) is 0 Å². The van der Waals surface area contributed by atoms with Gasteiger partial charge in [-0.3, -0.25) is 19.0 Å². The number of halogens is 1. The molecule has 1 aromatic carbocycles. The molecule has 218 valence electrons. The van der Waals surface area contributed by atoms with E-state index in [0.717, 1.165) is 36.5 Å². The Morgan fingerprint density at radius 3 is 2.70 bits per heavy atom. The monoisotopic (exact) mass is 586 g/mol. The van der Waals surface area contributed by atoms with Crippen LogP contribution in [0.15, 0.2) is 73.4 Å². The van der Waals surface area contributed by atoms with Gasteiger partial charge in [0.15, 0.2) is 0 Å². The number of benzene rings is 1. The molecule has 2 aliphatic rings. The average Bonchev–Trinajstić information content (AvgIpc) is 3.51. The third-order valence-electron chi connectivity index (χ3n) is 8.35. The third-order valence-corrected chi connectivity index (χ3v) is 8.35. The van der Waals surface area contributed by atoms with Crippen molar-refractivity contribution in [3.63, 3.8) is 0 Å². The Hall–Kier alpha value is -5.63. The smallest absolute Gasteiger partial charge is 0.299 e. The molecule has 1 atom stereocenters. The molecule has 11 heteroatoms. The van der Waals surface area contributed by atoms with E-state index in [9.17, 15) is 9.59 Å². The van der Waals surface area contributed by atoms with E-state index in [4.69, 9.17) is 10.7 Å². The number of anilines is 2. The first-order chi connectivity index (χ1) is 21.4. The summed E-state index contributed by atoms with van der Waals surface area (Å²) < 4.78 is 17.6. The van der Waals surface area contributed by atoms with Crippen molar-refractivity contribution in [2.24, 2.45) is 5.41 Å². The Kier molecular flexibility index (Phi) is 6.54. The number of pyridine rings is 2. The summed E-state index contributed by atoms with van der Waals surface area (Å²) in [6.07, 6.45) is 11.1. The molecule has 2 fully saturated rings. The van der Waals surface area contributed by atoms with Crippen molar-refractivity contribution in [2.75, 3.05) is 17.6 Å². The van der Waals surface area contributed by atoms with Crippen LogP contribution in [0.25, 0.3) is 27.9 Å². The van der Waals surface area contributed by atoms with E-state index in [0.29, 0.717) is 23.7 Å². The molecule has 44 heavy (non-hydrogen) atoms. The number of nitrogen functional groups attached to an aromatic ring is 1. The van der Waals surface area contributed by atoms with Gasteiger partial charge in [0.1, 0.15) is 34.5 Å². The summed E-state index contributed by atoms with van der Waals surface area (Å²) in [7, 11) is 0. The maximum atomic E-state index is 15.8. The van der Waals surface area contributed by atoms with Crippen LogP contribution >= 0.6 is 0 Å². The van der Waals surface area contributed by atoms with Crippen molar-refractivity contribution in [3.05, 3.63) is 90.7 Å². The number of hydrogen-bond donors (Lipinski definition) is 2. The van der Waals surface area contributed by atoms with Gasteiger partial charge in [-0.2, -0.15) is 0 Å². The summed E-state index contributed by atoms with van der Waals surface area (Å²) in [4.78, 5) is 45.3. The molecule has 3 N–H and O–H groups in total. The summed E-state index contributed by atoms with van der Waals surface area (Å²) in [5.41, 5.74) is 9.06. The number of hydrogen-bond acceptors (Lipinski definition) is 7. The van der Waals surface area contributed by atoms with Crippen LogP contribution < -0.4 is 11.1 Å². The van der Waals surface area contributed by atoms with E-state index in [2.05, 4.69) is 32.1 Å². The fourth-order valence-electron chi connectivity index (χ4n) is 5.98. The van der Waals surface area contributed by atoms with Crippen molar-refractivity contribution >= 4 is 29.0 Å². The van der Waals surface area contributed by atoms with Crippen LogP contribution in [0.2, 0.25) is 0 Å². The van der Waals surface area contributed by atoms with Crippen molar-refractivity contribution in [3.8, 4) is 34.2 Å². The number of likely N-dealkylation sites (tertiary alicyclic amines) is 1. The predicted molar refractivity (Wildman–Crippen MR) is 162 cm³/mol. The number of nitrogens with two attached hydrogens (primary N) is 1. The van der Waals surface area contributed by atoms with Crippen LogP contribution in [0.1, 0.15) is 48.4 Å². The highest BCUT2D eigenvalue weighted by Gasteiger charge is 2.54. The molecule has 5 aromatic rings. The molecule has 10 nitrogen and oxygen atoms in total. The number of carbonyl (C=O) groups is 2. The van der Waals surface area contributed by atoms with Crippen molar-refractivity contribution < 1.29 is 14.0 Å². The van der Waals surface area contributed by atoms with E-state index in [1.54, 1.807) is 53.3 Å². The molecule has 0 unspecified atom stereocenters. The maximum Gasteiger partial charge on any atom is 0.299 e. The molecule has 1 aliphatic heterocycles. The van der Waals surface area contributed by atoms with Gasteiger partial charge in [-0.25, -0.2) is 19.3 Å². The molecule has 2 amide bonds. The van der Waals surface area contributed by atoms with E-state index in [1.807, 2.05) is 18.2 Å². The first-order valence-electron chi connectivity index (χ1n) is 14.2. The van der Waals surface area contributed by atoms with E-state index in [-0.39, 0.29) is 40.0 Å². The Balaban J connectivity index is 1.22. The quantitative estimate of drug-likeness (QED) is 0.280. The van der Waals surface area contributed by atoms with Crippen LogP contribution in [0.4, 0.5) is 16.0 Å². The highest BCUT2D eigenvalue weighted by Crippen LogP contribution is 2.58. The van der Waals surface area contributed by atoms with Gasteiger partial charge in [0, 0.05) is 54.2 Å². The summed E-state index contributed by atoms with van der Waals surface area (Å²) in [5.74, 6) is 5.00. The zero-order valence-electron chi connectivity index (χ0n) is 23.8. The topological polar surface area (TPSA) is 131 Å². The number of nitrogens with zero attached hydrogens (tertiary/aromatic N) is 6. The Morgan fingerprint density at radius 2 is 1.95 bits per heavy atom. The Labute approximate surface area is 252 Å². The number of amides is 2. The molecule has 1 aliphatic carbocycles. The Morgan fingerprint density at radius 1 is 1.09 bits per heavy atom. The summed E-state index contributed by atoms with van der Waals surface area (Å²) >= 11 is 0. The lowest BCUT2D eigenvalue weighted by molar-refractivity contribution is -0.126. The van der Waals surface area contributed by atoms with Gasteiger partial charge < -0.3 is 16.0 Å². The standard InChI is InChI=1S/C33H27FN8O2/c1-2-4-27(43)42-19-33(9-10-33)17-25(42)31-40-28(29-30(35)38-13-14-41(29)31)23-7-6-21(15-24(23)34)32(44)39-26-16-20(8-12-37-26)22-5-3-11-36-18-22/h3,5-8,11-16,18,25H,9-10,17,19H2,1H3,(H2,35,38)(H,37,39,44)/t25-/m0/s1.